The number of hydrogen-bond donors (Lipinski definition) is 3. The molecule has 144 valence electrons. The second kappa shape index (κ2) is 9.00. The molecule has 0 atom stereocenters. The van der Waals surface area contributed by atoms with Crippen LogP contribution < -0.4 is 10.6 Å². The monoisotopic (exact) mass is 383 g/mol. The smallest absolute Gasteiger partial charge is 0.315 e. The fraction of sp³-hybridized carbons (Fsp3) is 0.529. The minimum atomic E-state index is -3.51. The SMILES string of the molecule is Cc1ccc(S(=O)(=O)N2CCC(NC(=O)NCCCC(=O)O)CC2)cc1. The third kappa shape index (κ3) is 5.70. The topological polar surface area (TPSA) is 116 Å². The van der Waals surface area contributed by atoms with Crippen LogP contribution in [-0.2, 0) is 14.8 Å². The van der Waals surface area contributed by atoms with E-state index in [-0.39, 0.29) is 23.4 Å². The highest BCUT2D eigenvalue weighted by molar-refractivity contribution is 7.89. The molecular formula is C17H25N3O5S. The molecule has 1 saturated heterocycles. The van der Waals surface area contributed by atoms with Crippen molar-refractivity contribution in [3.05, 3.63) is 29.8 Å². The molecule has 9 heteroatoms. The van der Waals surface area contributed by atoms with Crippen LogP contribution >= 0.6 is 0 Å². The van der Waals surface area contributed by atoms with E-state index >= 15 is 0 Å². The van der Waals surface area contributed by atoms with Crippen LogP contribution in [0.5, 0.6) is 0 Å². The second-order valence-electron chi connectivity index (χ2n) is 6.39. The summed E-state index contributed by atoms with van der Waals surface area (Å²) in [7, 11) is -3.51. The highest BCUT2D eigenvalue weighted by Crippen LogP contribution is 2.21. The molecule has 3 N–H and O–H groups in total. The van der Waals surface area contributed by atoms with Gasteiger partial charge in [0.05, 0.1) is 4.90 Å². The summed E-state index contributed by atoms with van der Waals surface area (Å²) in [6.45, 7) is 2.89. The molecule has 1 heterocycles. The number of nitrogens with one attached hydrogen (secondary N) is 2. The number of sulfonamides is 1. The molecule has 1 aromatic carbocycles. The van der Waals surface area contributed by atoms with Gasteiger partial charge in [0.1, 0.15) is 0 Å². The van der Waals surface area contributed by atoms with Gasteiger partial charge in [0.25, 0.3) is 0 Å². The van der Waals surface area contributed by atoms with Gasteiger partial charge in [-0.1, -0.05) is 17.7 Å². The number of aliphatic carboxylic acids is 1. The largest absolute Gasteiger partial charge is 0.481 e. The van der Waals surface area contributed by atoms with Gasteiger partial charge in [0.15, 0.2) is 0 Å². The molecule has 8 nitrogen and oxygen atoms in total. The first-order chi connectivity index (χ1) is 12.3. The number of hydrogen-bond acceptors (Lipinski definition) is 4. The molecular weight excluding hydrogens is 358 g/mol. The van der Waals surface area contributed by atoms with Crippen LogP contribution in [0.1, 0.15) is 31.2 Å². The van der Waals surface area contributed by atoms with E-state index in [0.717, 1.165) is 5.56 Å². The van der Waals surface area contributed by atoms with E-state index in [1.54, 1.807) is 24.3 Å². The summed E-state index contributed by atoms with van der Waals surface area (Å²) in [5, 5.41) is 14.0. The van der Waals surface area contributed by atoms with E-state index < -0.39 is 16.0 Å². The maximum Gasteiger partial charge on any atom is 0.315 e. The number of piperidine rings is 1. The van der Waals surface area contributed by atoms with Crippen LogP contribution in [0.2, 0.25) is 0 Å². The Balaban J connectivity index is 1.78. The first kappa shape index (κ1) is 20.2. The molecule has 0 aliphatic carbocycles. The van der Waals surface area contributed by atoms with E-state index in [1.807, 2.05) is 6.92 Å². The number of nitrogens with zero attached hydrogens (tertiary/aromatic N) is 1. The van der Waals surface area contributed by atoms with Crippen LogP contribution in [0.15, 0.2) is 29.2 Å². The average Bonchev–Trinajstić information content (AvgIpc) is 2.59. The maximum atomic E-state index is 12.6. The van der Waals surface area contributed by atoms with Crippen molar-refractivity contribution < 1.29 is 23.1 Å². The lowest BCUT2D eigenvalue weighted by Gasteiger charge is -2.31. The number of carbonyl (C=O) groups is 2. The fourth-order valence-corrected chi connectivity index (χ4v) is 4.25. The Bertz CT molecular complexity index is 725. The third-order valence-corrected chi connectivity index (χ3v) is 6.21. The van der Waals surface area contributed by atoms with E-state index in [2.05, 4.69) is 10.6 Å². The van der Waals surface area contributed by atoms with Crippen molar-refractivity contribution in [1.29, 1.82) is 0 Å². The molecule has 0 radical (unpaired) electrons. The van der Waals surface area contributed by atoms with Gasteiger partial charge in [-0.2, -0.15) is 4.31 Å². The molecule has 0 spiro atoms. The summed E-state index contributed by atoms with van der Waals surface area (Å²) in [4.78, 5) is 22.5. The van der Waals surface area contributed by atoms with E-state index in [1.165, 1.54) is 4.31 Å². The summed E-state index contributed by atoms with van der Waals surface area (Å²) < 4.78 is 26.7. The normalized spacial score (nSPS) is 16.2. The van der Waals surface area contributed by atoms with Gasteiger partial charge in [0.2, 0.25) is 10.0 Å². The number of carbonyl (C=O) groups excluding carboxylic acids is 1. The van der Waals surface area contributed by atoms with Crippen molar-refractivity contribution in [2.24, 2.45) is 0 Å². The van der Waals surface area contributed by atoms with Crippen molar-refractivity contribution in [1.82, 2.24) is 14.9 Å². The van der Waals surface area contributed by atoms with Crippen LogP contribution in [-0.4, -0.2) is 55.5 Å². The number of rotatable bonds is 7. The first-order valence-corrected chi connectivity index (χ1v) is 10.1. The maximum absolute atomic E-state index is 12.6. The lowest BCUT2D eigenvalue weighted by atomic mass is 10.1. The van der Waals surface area contributed by atoms with Crippen LogP contribution in [0, 0.1) is 6.92 Å². The lowest BCUT2D eigenvalue weighted by Crippen LogP contribution is -2.49. The minimum absolute atomic E-state index is 0.00946. The van der Waals surface area contributed by atoms with Gasteiger partial charge in [-0.15, -0.1) is 0 Å². The zero-order chi connectivity index (χ0) is 19.2. The molecule has 1 fully saturated rings. The van der Waals surface area contributed by atoms with Crippen molar-refractivity contribution in [3.8, 4) is 0 Å². The average molecular weight is 383 g/mol. The number of carboxylic acids is 1. The summed E-state index contributed by atoms with van der Waals surface area (Å²) in [5.74, 6) is -0.894. The summed E-state index contributed by atoms with van der Waals surface area (Å²) in [5.41, 5.74) is 1.00. The summed E-state index contributed by atoms with van der Waals surface area (Å²) >= 11 is 0. The van der Waals surface area contributed by atoms with Gasteiger partial charge in [-0.3, -0.25) is 4.79 Å². The molecule has 0 saturated carbocycles. The quantitative estimate of drug-likeness (QED) is 0.614. The van der Waals surface area contributed by atoms with E-state index in [4.69, 9.17) is 5.11 Å². The van der Waals surface area contributed by atoms with Crippen molar-refractivity contribution in [2.45, 2.75) is 43.5 Å². The third-order valence-electron chi connectivity index (χ3n) is 4.30. The molecule has 1 aromatic rings. The highest BCUT2D eigenvalue weighted by atomic mass is 32.2. The number of urea groups is 1. The Morgan fingerprint density at radius 3 is 2.38 bits per heavy atom. The van der Waals surface area contributed by atoms with Gasteiger partial charge in [-0.05, 0) is 38.3 Å². The first-order valence-electron chi connectivity index (χ1n) is 8.62. The summed E-state index contributed by atoms with van der Waals surface area (Å²) in [6.07, 6.45) is 1.45. The molecule has 2 amide bonds. The highest BCUT2D eigenvalue weighted by Gasteiger charge is 2.29. The van der Waals surface area contributed by atoms with Crippen LogP contribution in [0.25, 0.3) is 0 Å². The zero-order valence-electron chi connectivity index (χ0n) is 14.8. The van der Waals surface area contributed by atoms with Crippen molar-refractivity contribution in [3.63, 3.8) is 0 Å². The Kier molecular flexibility index (Phi) is 6.98. The van der Waals surface area contributed by atoms with Gasteiger partial charge in [-0.25, -0.2) is 13.2 Å². The van der Waals surface area contributed by atoms with Gasteiger partial charge < -0.3 is 15.7 Å². The number of carboxylic acid groups (broad SMARTS) is 1. The predicted octanol–water partition coefficient (Wildman–Crippen LogP) is 1.31. The minimum Gasteiger partial charge on any atom is -0.481 e. The number of amides is 2. The standard InChI is InChI=1S/C17H25N3O5S/c1-13-4-6-15(7-5-13)26(24,25)20-11-8-14(9-12-20)19-17(23)18-10-2-3-16(21)22/h4-7,14H,2-3,8-12H2,1H3,(H,21,22)(H2,18,19,23). The summed E-state index contributed by atoms with van der Waals surface area (Å²) in [6, 6.07) is 6.32. The zero-order valence-corrected chi connectivity index (χ0v) is 15.6. The van der Waals surface area contributed by atoms with Crippen molar-refractivity contribution >= 4 is 22.0 Å². The molecule has 0 bridgehead atoms. The molecule has 1 aliphatic heterocycles. The van der Waals surface area contributed by atoms with Gasteiger partial charge in [0, 0.05) is 32.1 Å². The van der Waals surface area contributed by atoms with Crippen LogP contribution in [0.4, 0.5) is 4.79 Å². The Morgan fingerprint density at radius 1 is 1.19 bits per heavy atom. The predicted molar refractivity (Wildman–Crippen MR) is 96.4 cm³/mol. The molecule has 0 unspecified atom stereocenters. The Labute approximate surface area is 153 Å². The fourth-order valence-electron chi connectivity index (χ4n) is 2.78. The molecule has 0 aromatic heterocycles. The lowest BCUT2D eigenvalue weighted by molar-refractivity contribution is -0.137. The Morgan fingerprint density at radius 2 is 1.81 bits per heavy atom. The number of benzene rings is 1. The molecule has 1 aliphatic rings. The molecule has 26 heavy (non-hydrogen) atoms. The van der Waals surface area contributed by atoms with Crippen LogP contribution in [0.3, 0.4) is 0 Å². The van der Waals surface area contributed by atoms with E-state index in [9.17, 15) is 18.0 Å². The molecule has 2 rings (SSSR count). The Hall–Kier alpha value is -2.13. The van der Waals surface area contributed by atoms with Gasteiger partial charge >= 0.3 is 12.0 Å². The second-order valence-corrected chi connectivity index (χ2v) is 8.33. The van der Waals surface area contributed by atoms with E-state index in [0.29, 0.717) is 38.9 Å². The number of aryl methyl sites for hydroxylation is 1. The van der Waals surface area contributed by atoms with Crippen molar-refractivity contribution in [2.75, 3.05) is 19.6 Å².